The van der Waals surface area contributed by atoms with Crippen molar-refractivity contribution in [1.29, 1.82) is 0 Å². The van der Waals surface area contributed by atoms with Gasteiger partial charge in [-0.25, -0.2) is 4.98 Å². The van der Waals surface area contributed by atoms with Gasteiger partial charge in [0.05, 0.1) is 19.2 Å². The summed E-state index contributed by atoms with van der Waals surface area (Å²) >= 11 is 1.42. The number of aromatic nitrogens is 1. The lowest BCUT2D eigenvalue weighted by Gasteiger charge is -2.05. The van der Waals surface area contributed by atoms with E-state index in [1.807, 2.05) is 47.8 Å². The number of nitrogens with zero attached hydrogens (tertiary/aromatic N) is 1. The molecule has 1 aromatic heterocycles. The maximum atomic E-state index is 12.3. The van der Waals surface area contributed by atoms with E-state index in [0.29, 0.717) is 5.13 Å². The molecule has 0 saturated carbocycles. The largest absolute Gasteiger partial charge is 0.497 e. The molecule has 1 N–H and O–H groups in total. The van der Waals surface area contributed by atoms with Crippen molar-refractivity contribution >= 4 is 22.4 Å². The molecule has 0 saturated heterocycles. The second kappa shape index (κ2) is 8.71. The number of hydrogen-bond acceptors (Lipinski definition) is 4. The number of carbonyl (C=O) groups is 1. The SMILES string of the molecule is COc1cccc(CC(=O)Nc2nc(-c3ccc(-c4ccccc4)cc3)cs2)c1. The minimum Gasteiger partial charge on any atom is -0.497 e. The number of carbonyl (C=O) groups excluding carboxylic acids is 1. The summed E-state index contributed by atoms with van der Waals surface area (Å²) in [6, 6.07) is 26.0. The number of ether oxygens (including phenoxy) is 1. The van der Waals surface area contributed by atoms with Crippen LogP contribution in [0.25, 0.3) is 22.4 Å². The number of anilines is 1. The van der Waals surface area contributed by atoms with Gasteiger partial charge in [0.1, 0.15) is 5.75 Å². The van der Waals surface area contributed by atoms with Crippen molar-refractivity contribution in [3.63, 3.8) is 0 Å². The molecule has 0 atom stereocenters. The average Bonchev–Trinajstić information content (AvgIpc) is 3.23. The molecule has 3 aromatic carbocycles. The summed E-state index contributed by atoms with van der Waals surface area (Å²) in [6.07, 6.45) is 0.276. The first-order chi connectivity index (χ1) is 14.2. The molecule has 0 aliphatic carbocycles. The van der Waals surface area contributed by atoms with Crippen LogP contribution in [0.1, 0.15) is 5.56 Å². The minimum atomic E-state index is -0.0985. The maximum Gasteiger partial charge on any atom is 0.230 e. The Balaban J connectivity index is 1.42. The number of amides is 1. The average molecular weight is 401 g/mol. The van der Waals surface area contributed by atoms with Crippen molar-refractivity contribution in [3.8, 4) is 28.1 Å². The summed E-state index contributed by atoms with van der Waals surface area (Å²) in [5.74, 6) is 0.643. The lowest BCUT2D eigenvalue weighted by atomic mass is 10.0. The lowest BCUT2D eigenvalue weighted by Crippen LogP contribution is -2.14. The summed E-state index contributed by atoms with van der Waals surface area (Å²) in [6.45, 7) is 0. The minimum absolute atomic E-state index is 0.0985. The highest BCUT2D eigenvalue weighted by molar-refractivity contribution is 7.14. The molecule has 1 amide bonds. The quantitative estimate of drug-likeness (QED) is 0.454. The van der Waals surface area contributed by atoms with Crippen molar-refractivity contribution < 1.29 is 9.53 Å². The lowest BCUT2D eigenvalue weighted by molar-refractivity contribution is -0.115. The van der Waals surface area contributed by atoms with Crippen molar-refractivity contribution in [2.24, 2.45) is 0 Å². The van der Waals surface area contributed by atoms with Crippen molar-refractivity contribution in [3.05, 3.63) is 89.8 Å². The van der Waals surface area contributed by atoms with Gasteiger partial charge in [-0.1, -0.05) is 66.7 Å². The highest BCUT2D eigenvalue weighted by atomic mass is 32.1. The fourth-order valence-electron chi connectivity index (χ4n) is 3.06. The molecule has 4 aromatic rings. The molecule has 5 heteroatoms. The molecule has 0 aliphatic heterocycles. The van der Waals surface area contributed by atoms with Gasteiger partial charge in [0, 0.05) is 10.9 Å². The van der Waals surface area contributed by atoms with E-state index in [2.05, 4.69) is 46.7 Å². The zero-order valence-corrected chi connectivity index (χ0v) is 16.8. The first-order valence-corrected chi connectivity index (χ1v) is 10.1. The molecule has 0 spiro atoms. The van der Waals surface area contributed by atoms with E-state index in [-0.39, 0.29) is 12.3 Å². The Bertz CT molecular complexity index is 1110. The van der Waals surface area contributed by atoms with Crippen LogP contribution >= 0.6 is 11.3 Å². The number of benzene rings is 3. The van der Waals surface area contributed by atoms with Crippen LogP contribution in [0.3, 0.4) is 0 Å². The van der Waals surface area contributed by atoms with Gasteiger partial charge in [-0.2, -0.15) is 0 Å². The van der Waals surface area contributed by atoms with Gasteiger partial charge in [-0.15, -0.1) is 11.3 Å². The zero-order valence-electron chi connectivity index (χ0n) is 16.0. The fourth-order valence-corrected chi connectivity index (χ4v) is 3.79. The van der Waals surface area contributed by atoms with E-state index in [0.717, 1.165) is 28.1 Å². The molecule has 0 unspecified atom stereocenters. The maximum absolute atomic E-state index is 12.3. The van der Waals surface area contributed by atoms with E-state index in [1.54, 1.807) is 7.11 Å². The summed E-state index contributed by atoms with van der Waals surface area (Å²) in [5.41, 5.74) is 5.12. The number of nitrogens with one attached hydrogen (secondary N) is 1. The molecule has 4 rings (SSSR count). The Morgan fingerprint density at radius 1 is 0.931 bits per heavy atom. The predicted octanol–water partition coefficient (Wildman–Crippen LogP) is 5.67. The molecule has 0 aliphatic rings. The number of thiazole rings is 1. The summed E-state index contributed by atoms with van der Waals surface area (Å²) in [7, 11) is 1.61. The van der Waals surface area contributed by atoms with Gasteiger partial charge in [0.25, 0.3) is 0 Å². The molecule has 0 fully saturated rings. The number of rotatable bonds is 6. The van der Waals surface area contributed by atoms with Gasteiger partial charge in [-0.3, -0.25) is 4.79 Å². The van der Waals surface area contributed by atoms with Gasteiger partial charge < -0.3 is 10.1 Å². The molecular formula is C24H20N2O2S. The van der Waals surface area contributed by atoms with Gasteiger partial charge in [0.15, 0.2) is 5.13 Å². The standard InChI is InChI=1S/C24H20N2O2S/c1-28-21-9-5-6-17(14-21)15-23(27)26-24-25-22(16-29-24)20-12-10-19(11-13-20)18-7-3-2-4-8-18/h2-14,16H,15H2,1H3,(H,25,26,27). The van der Waals surface area contributed by atoms with Crippen LogP contribution in [0, 0.1) is 0 Å². The van der Waals surface area contributed by atoms with E-state index in [4.69, 9.17) is 4.74 Å². The normalized spacial score (nSPS) is 10.5. The molecule has 1 heterocycles. The number of hydrogen-bond donors (Lipinski definition) is 1. The van der Waals surface area contributed by atoms with Gasteiger partial charge >= 0.3 is 0 Å². The highest BCUT2D eigenvalue weighted by Gasteiger charge is 2.10. The van der Waals surface area contributed by atoms with Crippen LogP contribution in [0.2, 0.25) is 0 Å². The Labute approximate surface area is 173 Å². The van der Waals surface area contributed by atoms with Gasteiger partial charge in [-0.05, 0) is 28.8 Å². The molecule has 0 bridgehead atoms. The summed E-state index contributed by atoms with van der Waals surface area (Å²) in [5, 5.41) is 5.44. The second-order valence-electron chi connectivity index (χ2n) is 6.56. The zero-order chi connectivity index (χ0) is 20.1. The first-order valence-electron chi connectivity index (χ1n) is 9.25. The van der Waals surface area contributed by atoms with Crippen LogP contribution < -0.4 is 10.1 Å². The Morgan fingerprint density at radius 3 is 2.41 bits per heavy atom. The van der Waals surface area contributed by atoms with E-state index >= 15 is 0 Å². The summed E-state index contributed by atoms with van der Waals surface area (Å²) in [4.78, 5) is 16.9. The van der Waals surface area contributed by atoms with Crippen LogP contribution in [0.15, 0.2) is 84.2 Å². The predicted molar refractivity (Wildman–Crippen MR) is 118 cm³/mol. The Hall–Kier alpha value is -3.44. The molecule has 4 nitrogen and oxygen atoms in total. The molecule has 144 valence electrons. The van der Waals surface area contributed by atoms with Crippen LogP contribution in [-0.4, -0.2) is 18.0 Å². The Morgan fingerprint density at radius 2 is 1.66 bits per heavy atom. The third-order valence-corrected chi connectivity index (χ3v) is 5.29. The molecule has 29 heavy (non-hydrogen) atoms. The van der Waals surface area contributed by atoms with Crippen molar-refractivity contribution in [2.45, 2.75) is 6.42 Å². The molecule has 0 radical (unpaired) electrons. The third kappa shape index (κ3) is 4.70. The van der Waals surface area contributed by atoms with Crippen LogP contribution in [0.5, 0.6) is 5.75 Å². The van der Waals surface area contributed by atoms with Crippen LogP contribution in [-0.2, 0) is 11.2 Å². The first kappa shape index (κ1) is 18.9. The number of methoxy groups -OCH3 is 1. The van der Waals surface area contributed by atoms with Crippen molar-refractivity contribution in [1.82, 2.24) is 4.98 Å². The highest BCUT2D eigenvalue weighted by Crippen LogP contribution is 2.27. The Kier molecular flexibility index (Phi) is 5.68. The van der Waals surface area contributed by atoms with E-state index in [1.165, 1.54) is 16.9 Å². The monoisotopic (exact) mass is 400 g/mol. The van der Waals surface area contributed by atoms with Crippen molar-refractivity contribution in [2.75, 3.05) is 12.4 Å². The third-order valence-electron chi connectivity index (χ3n) is 4.54. The van der Waals surface area contributed by atoms with E-state index < -0.39 is 0 Å². The van der Waals surface area contributed by atoms with Crippen LogP contribution in [0.4, 0.5) is 5.13 Å². The fraction of sp³-hybridized carbons (Fsp3) is 0.0833. The van der Waals surface area contributed by atoms with E-state index in [9.17, 15) is 4.79 Å². The molecular weight excluding hydrogens is 380 g/mol. The second-order valence-corrected chi connectivity index (χ2v) is 7.42. The topological polar surface area (TPSA) is 51.2 Å². The summed E-state index contributed by atoms with van der Waals surface area (Å²) < 4.78 is 5.20. The van der Waals surface area contributed by atoms with Gasteiger partial charge in [0.2, 0.25) is 5.91 Å². The smallest absolute Gasteiger partial charge is 0.230 e.